The Kier molecular flexibility index (Phi) is 5.03. The molecule has 0 atom stereocenters. The number of rotatable bonds is 5. The highest BCUT2D eigenvalue weighted by atomic mass is 19.1. The van der Waals surface area contributed by atoms with Gasteiger partial charge in [-0.05, 0) is 59.7 Å². The standard InChI is InChI=1S/C22H16FN3O3/c23-17-9-5-16(6-10-17)14-29-18-11-7-15(8-12-18)13-24-26-21(27)19-3-1-2-4-20(19)25-22(26)28/h1-13H,14H2,(H,25,28). The van der Waals surface area contributed by atoms with E-state index in [0.29, 0.717) is 28.8 Å². The van der Waals surface area contributed by atoms with Gasteiger partial charge in [0.05, 0.1) is 17.1 Å². The first-order valence-electron chi connectivity index (χ1n) is 8.86. The van der Waals surface area contributed by atoms with Crippen molar-refractivity contribution in [1.82, 2.24) is 9.66 Å². The minimum absolute atomic E-state index is 0.290. The van der Waals surface area contributed by atoms with Crippen LogP contribution in [0.3, 0.4) is 0 Å². The number of H-pyrrole nitrogens is 1. The summed E-state index contributed by atoms with van der Waals surface area (Å²) in [5.74, 6) is 0.342. The zero-order valence-electron chi connectivity index (χ0n) is 15.2. The van der Waals surface area contributed by atoms with E-state index in [9.17, 15) is 14.0 Å². The molecular formula is C22H16FN3O3. The molecule has 0 radical (unpaired) electrons. The molecule has 0 saturated heterocycles. The first-order chi connectivity index (χ1) is 14.1. The molecule has 0 bridgehead atoms. The smallest absolute Gasteiger partial charge is 0.349 e. The summed E-state index contributed by atoms with van der Waals surface area (Å²) in [7, 11) is 0. The summed E-state index contributed by atoms with van der Waals surface area (Å²) in [5.41, 5.74) is 0.922. The number of nitrogens with one attached hydrogen (secondary N) is 1. The minimum Gasteiger partial charge on any atom is -0.489 e. The number of fused-ring (bicyclic) bond motifs is 1. The largest absolute Gasteiger partial charge is 0.489 e. The summed E-state index contributed by atoms with van der Waals surface area (Å²) in [5, 5.41) is 4.40. The van der Waals surface area contributed by atoms with Gasteiger partial charge in [-0.15, -0.1) is 4.68 Å². The van der Waals surface area contributed by atoms with Gasteiger partial charge in [0, 0.05) is 0 Å². The van der Waals surface area contributed by atoms with E-state index >= 15 is 0 Å². The third kappa shape index (κ3) is 4.14. The molecule has 3 aromatic carbocycles. The van der Waals surface area contributed by atoms with Gasteiger partial charge >= 0.3 is 5.69 Å². The zero-order chi connectivity index (χ0) is 20.2. The lowest BCUT2D eigenvalue weighted by molar-refractivity contribution is 0.306. The quantitative estimate of drug-likeness (QED) is 0.532. The topological polar surface area (TPSA) is 76.5 Å². The van der Waals surface area contributed by atoms with E-state index in [1.54, 1.807) is 60.7 Å². The zero-order valence-corrected chi connectivity index (χ0v) is 15.2. The molecular weight excluding hydrogens is 373 g/mol. The van der Waals surface area contributed by atoms with Crippen molar-refractivity contribution in [3.05, 3.63) is 111 Å². The highest BCUT2D eigenvalue weighted by Gasteiger charge is 2.05. The lowest BCUT2D eigenvalue weighted by Gasteiger charge is -2.06. The lowest BCUT2D eigenvalue weighted by Crippen LogP contribution is -2.32. The van der Waals surface area contributed by atoms with Crippen LogP contribution in [0.4, 0.5) is 4.39 Å². The molecule has 29 heavy (non-hydrogen) atoms. The molecule has 0 aliphatic rings. The third-order valence-electron chi connectivity index (χ3n) is 4.30. The Bertz CT molecular complexity index is 1290. The highest BCUT2D eigenvalue weighted by Crippen LogP contribution is 2.14. The predicted octanol–water partition coefficient (Wildman–Crippen LogP) is 3.29. The van der Waals surface area contributed by atoms with Gasteiger partial charge in [-0.25, -0.2) is 9.18 Å². The molecule has 0 saturated carbocycles. The van der Waals surface area contributed by atoms with Crippen LogP contribution in [0.25, 0.3) is 10.9 Å². The molecule has 1 aromatic heterocycles. The summed E-state index contributed by atoms with van der Waals surface area (Å²) in [6.07, 6.45) is 1.43. The van der Waals surface area contributed by atoms with Crippen LogP contribution in [0.1, 0.15) is 11.1 Å². The van der Waals surface area contributed by atoms with Crippen molar-refractivity contribution in [1.29, 1.82) is 0 Å². The molecule has 4 rings (SSSR count). The fourth-order valence-corrected chi connectivity index (χ4v) is 2.78. The molecule has 0 spiro atoms. The number of aromatic nitrogens is 2. The molecule has 4 aromatic rings. The molecule has 0 aliphatic heterocycles. The second-order valence-corrected chi connectivity index (χ2v) is 6.32. The van der Waals surface area contributed by atoms with Crippen molar-refractivity contribution < 1.29 is 9.13 Å². The van der Waals surface area contributed by atoms with Crippen molar-refractivity contribution in [2.24, 2.45) is 5.10 Å². The number of hydrogen-bond donors (Lipinski definition) is 1. The van der Waals surface area contributed by atoms with Gasteiger partial charge in [0.15, 0.2) is 0 Å². The van der Waals surface area contributed by atoms with Gasteiger partial charge in [-0.2, -0.15) is 5.10 Å². The number of halogens is 1. The van der Waals surface area contributed by atoms with Gasteiger partial charge in [-0.1, -0.05) is 24.3 Å². The predicted molar refractivity (Wildman–Crippen MR) is 109 cm³/mol. The Balaban J connectivity index is 1.49. The number of nitrogens with zero attached hydrogens (tertiary/aromatic N) is 2. The molecule has 7 heteroatoms. The lowest BCUT2D eigenvalue weighted by atomic mass is 10.2. The molecule has 6 nitrogen and oxygen atoms in total. The average molecular weight is 389 g/mol. The first-order valence-corrected chi connectivity index (χ1v) is 8.86. The Morgan fingerprint density at radius 3 is 2.45 bits per heavy atom. The van der Waals surface area contributed by atoms with Gasteiger partial charge in [0.1, 0.15) is 18.2 Å². The van der Waals surface area contributed by atoms with Crippen LogP contribution < -0.4 is 16.0 Å². The number of aromatic amines is 1. The Morgan fingerprint density at radius 2 is 1.69 bits per heavy atom. The Labute approximate surface area is 164 Å². The number of benzene rings is 3. The van der Waals surface area contributed by atoms with Crippen molar-refractivity contribution in [2.45, 2.75) is 6.61 Å². The number of ether oxygens (including phenoxy) is 1. The van der Waals surface area contributed by atoms with E-state index in [1.807, 2.05) is 0 Å². The fourth-order valence-electron chi connectivity index (χ4n) is 2.78. The summed E-state index contributed by atoms with van der Waals surface area (Å²) < 4.78 is 19.4. The number of para-hydroxylation sites is 1. The summed E-state index contributed by atoms with van der Waals surface area (Å²) >= 11 is 0. The molecule has 0 fully saturated rings. The van der Waals surface area contributed by atoms with Crippen molar-refractivity contribution in [2.75, 3.05) is 0 Å². The van der Waals surface area contributed by atoms with Gasteiger partial charge in [0.25, 0.3) is 5.56 Å². The monoisotopic (exact) mass is 389 g/mol. The second kappa shape index (κ2) is 7.93. The second-order valence-electron chi connectivity index (χ2n) is 6.32. The molecule has 1 heterocycles. The van der Waals surface area contributed by atoms with Crippen molar-refractivity contribution >= 4 is 17.1 Å². The normalized spacial score (nSPS) is 11.2. The van der Waals surface area contributed by atoms with Gasteiger partial charge in [0.2, 0.25) is 0 Å². The average Bonchev–Trinajstić information content (AvgIpc) is 2.74. The Hall–Kier alpha value is -4.00. The van der Waals surface area contributed by atoms with E-state index in [4.69, 9.17) is 4.74 Å². The van der Waals surface area contributed by atoms with Gasteiger partial charge < -0.3 is 9.72 Å². The summed E-state index contributed by atoms with van der Waals surface area (Å²) in [6.45, 7) is 0.315. The molecule has 0 aliphatic carbocycles. The maximum Gasteiger partial charge on any atom is 0.349 e. The van der Waals surface area contributed by atoms with E-state index in [-0.39, 0.29) is 5.82 Å². The van der Waals surface area contributed by atoms with E-state index in [1.165, 1.54) is 18.3 Å². The van der Waals surface area contributed by atoms with E-state index < -0.39 is 11.2 Å². The van der Waals surface area contributed by atoms with Crippen LogP contribution in [0.15, 0.2) is 87.5 Å². The minimum atomic E-state index is -0.607. The van der Waals surface area contributed by atoms with Crippen molar-refractivity contribution in [3.8, 4) is 5.75 Å². The van der Waals surface area contributed by atoms with Crippen molar-refractivity contribution in [3.63, 3.8) is 0 Å². The third-order valence-corrected chi connectivity index (χ3v) is 4.30. The van der Waals surface area contributed by atoms with Crippen LogP contribution >= 0.6 is 0 Å². The highest BCUT2D eigenvalue weighted by molar-refractivity contribution is 5.80. The summed E-state index contributed by atoms with van der Waals surface area (Å²) in [6, 6.07) is 19.9. The van der Waals surface area contributed by atoms with Crippen LogP contribution in [0.2, 0.25) is 0 Å². The maximum atomic E-state index is 12.9. The van der Waals surface area contributed by atoms with Crippen LogP contribution in [0, 0.1) is 5.82 Å². The maximum absolute atomic E-state index is 12.9. The fraction of sp³-hybridized carbons (Fsp3) is 0.0455. The molecule has 144 valence electrons. The van der Waals surface area contributed by atoms with Gasteiger partial charge in [-0.3, -0.25) is 4.79 Å². The van der Waals surface area contributed by atoms with E-state index in [0.717, 1.165) is 10.2 Å². The molecule has 1 N–H and O–H groups in total. The molecule has 0 unspecified atom stereocenters. The van der Waals surface area contributed by atoms with Crippen LogP contribution in [-0.4, -0.2) is 15.9 Å². The van der Waals surface area contributed by atoms with Crippen LogP contribution in [-0.2, 0) is 6.61 Å². The molecule has 0 amide bonds. The Morgan fingerprint density at radius 1 is 0.966 bits per heavy atom. The van der Waals surface area contributed by atoms with E-state index in [2.05, 4.69) is 10.1 Å². The SMILES string of the molecule is O=c1[nH]c2ccccc2c(=O)n1N=Cc1ccc(OCc2ccc(F)cc2)cc1. The first kappa shape index (κ1) is 18.4. The summed E-state index contributed by atoms with van der Waals surface area (Å²) in [4.78, 5) is 27.2. The van der Waals surface area contributed by atoms with Crippen LogP contribution in [0.5, 0.6) is 5.75 Å². The number of hydrogen-bond acceptors (Lipinski definition) is 4.